The summed E-state index contributed by atoms with van der Waals surface area (Å²) < 4.78 is 25.8. The minimum Gasteiger partial charge on any atom is -0.468 e. The quantitative estimate of drug-likeness (QED) is 0.308. The van der Waals surface area contributed by atoms with E-state index in [9.17, 15) is 4.79 Å². The van der Waals surface area contributed by atoms with Crippen LogP contribution in [0.3, 0.4) is 0 Å². The number of aromatic amines is 1. The zero-order chi connectivity index (χ0) is 18.2. The maximum absolute atomic E-state index is 11.8. The highest BCUT2D eigenvalue weighted by Gasteiger charge is 2.19. The normalized spacial score (nSPS) is 12.2. The van der Waals surface area contributed by atoms with Crippen LogP contribution in [0.5, 0.6) is 0 Å². The lowest BCUT2D eigenvalue weighted by atomic mass is 10.1. The zero-order valence-corrected chi connectivity index (χ0v) is 15.0. The fraction of sp³-hybridized carbons (Fsp3) is 0.750. The summed E-state index contributed by atoms with van der Waals surface area (Å²) in [6.07, 6.45) is 3.75. The van der Waals surface area contributed by atoms with Crippen LogP contribution >= 0.6 is 0 Å². The summed E-state index contributed by atoms with van der Waals surface area (Å²) in [6, 6.07) is -0.436. The number of nitrogens with one attached hydrogen (secondary N) is 2. The summed E-state index contributed by atoms with van der Waals surface area (Å²) in [5.74, 6) is -0.314. The van der Waals surface area contributed by atoms with Crippen molar-refractivity contribution in [2.75, 3.05) is 67.0 Å². The molecular weight excluding hydrogens is 330 g/mol. The number of methoxy groups -OCH3 is 2. The van der Waals surface area contributed by atoms with Gasteiger partial charge >= 0.3 is 5.97 Å². The van der Waals surface area contributed by atoms with Crippen LogP contribution < -0.4 is 5.32 Å². The second-order valence-corrected chi connectivity index (χ2v) is 5.14. The molecule has 0 aliphatic heterocycles. The van der Waals surface area contributed by atoms with Gasteiger partial charge in [-0.1, -0.05) is 0 Å². The topological polar surface area (TPSA) is 104 Å². The van der Waals surface area contributed by atoms with Crippen LogP contribution in [-0.4, -0.2) is 89.0 Å². The van der Waals surface area contributed by atoms with E-state index < -0.39 is 6.04 Å². The largest absolute Gasteiger partial charge is 0.468 e. The maximum Gasteiger partial charge on any atom is 0.323 e. The summed E-state index contributed by atoms with van der Waals surface area (Å²) in [5, 5.41) is 3.12. The number of nitrogens with zero attached hydrogens (tertiary/aromatic N) is 1. The third-order valence-corrected chi connectivity index (χ3v) is 3.28. The molecule has 0 radical (unpaired) electrons. The van der Waals surface area contributed by atoms with Crippen LogP contribution in [0.15, 0.2) is 12.5 Å². The SMILES string of the molecule is COCCOCCOCCOCCNC(Cc1cnc[nH]1)C(=O)OC. The second kappa shape index (κ2) is 14.8. The van der Waals surface area contributed by atoms with E-state index >= 15 is 0 Å². The summed E-state index contributed by atoms with van der Waals surface area (Å²) in [5.41, 5.74) is 0.866. The highest BCUT2D eigenvalue weighted by atomic mass is 16.6. The van der Waals surface area contributed by atoms with Crippen molar-refractivity contribution in [1.82, 2.24) is 15.3 Å². The Morgan fingerprint density at radius 3 is 2.28 bits per heavy atom. The van der Waals surface area contributed by atoms with Crippen LogP contribution in [-0.2, 0) is 34.9 Å². The van der Waals surface area contributed by atoms with E-state index in [1.807, 2.05) is 0 Å². The predicted molar refractivity (Wildman–Crippen MR) is 90.4 cm³/mol. The molecule has 1 rings (SSSR count). The Labute approximate surface area is 148 Å². The number of esters is 1. The van der Waals surface area contributed by atoms with Crippen molar-refractivity contribution in [2.24, 2.45) is 0 Å². The number of carbonyl (C=O) groups is 1. The summed E-state index contributed by atoms with van der Waals surface area (Å²) in [4.78, 5) is 18.7. The molecule has 25 heavy (non-hydrogen) atoms. The smallest absolute Gasteiger partial charge is 0.323 e. The molecule has 0 aliphatic carbocycles. The highest BCUT2D eigenvalue weighted by Crippen LogP contribution is 2.00. The Balaban J connectivity index is 2.00. The molecule has 144 valence electrons. The van der Waals surface area contributed by atoms with Crippen LogP contribution in [0.1, 0.15) is 5.69 Å². The molecule has 0 fully saturated rings. The summed E-state index contributed by atoms with van der Waals surface area (Å²) in [6.45, 7) is 4.23. The number of hydrogen-bond donors (Lipinski definition) is 2. The van der Waals surface area contributed by atoms with E-state index in [1.54, 1.807) is 19.6 Å². The molecule has 0 aromatic carbocycles. The van der Waals surface area contributed by atoms with Gasteiger partial charge in [0.25, 0.3) is 0 Å². The number of aromatic nitrogens is 2. The zero-order valence-electron chi connectivity index (χ0n) is 15.0. The third-order valence-electron chi connectivity index (χ3n) is 3.28. The fourth-order valence-corrected chi connectivity index (χ4v) is 1.99. The Morgan fingerprint density at radius 2 is 1.72 bits per heavy atom. The number of carbonyl (C=O) groups excluding carboxylic acids is 1. The van der Waals surface area contributed by atoms with E-state index in [4.69, 9.17) is 23.7 Å². The lowest BCUT2D eigenvalue weighted by Gasteiger charge is -2.15. The van der Waals surface area contributed by atoms with Crippen molar-refractivity contribution in [3.63, 3.8) is 0 Å². The Hall–Kier alpha value is -1.52. The van der Waals surface area contributed by atoms with Crippen molar-refractivity contribution in [3.8, 4) is 0 Å². The molecule has 1 heterocycles. The average Bonchev–Trinajstić information content (AvgIpc) is 3.14. The summed E-state index contributed by atoms with van der Waals surface area (Å²) >= 11 is 0. The van der Waals surface area contributed by atoms with E-state index in [0.717, 1.165) is 5.69 Å². The van der Waals surface area contributed by atoms with Gasteiger partial charge in [-0.05, 0) is 0 Å². The molecule has 0 amide bonds. The van der Waals surface area contributed by atoms with E-state index in [1.165, 1.54) is 7.11 Å². The molecule has 1 atom stereocenters. The highest BCUT2D eigenvalue weighted by molar-refractivity contribution is 5.75. The Bertz CT molecular complexity index is 430. The van der Waals surface area contributed by atoms with Gasteiger partial charge in [-0.15, -0.1) is 0 Å². The minimum absolute atomic E-state index is 0.314. The predicted octanol–water partition coefficient (Wildman–Crippen LogP) is -0.220. The Kier molecular flexibility index (Phi) is 12.7. The van der Waals surface area contributed by atoms with Gasteiger partial charge in [0.15, 0.2) is 0 Å². The first kappa shape index (κ1) is 21.5. The van der Waals surface area contributed by atoms with Crippen molar-refractivity contribution < 1.29 is 28.5 Å². The molecule has 0 bridgehead atoms. The molecule has 0 aliphatic rings. The lowest BCUT2D eigenvalue weighted by Crippen LogP contribution is -2.41. The number of ether oxygens (including phenoxy) is 5. The monoisotopic (exact) mass is 359 g/mol. The van der Waals surface area contributed by atoms with Gasteiger partial charge in [-0.3, -0.25) is 4.79 Å². The molecule has 0 saturated heterocycles. The average molecular weight is 359 g/mol. The van der Waals surface area contributed by atoms with Gasteiger partial charge in [-0.2, -0.15) is 0 Å². The molecule has 1 unspecified atom stereocenters. The molecule has 0 spiro atoms. The van der Waals surface area contributed by atoms with Crippen molar-refractivity contribution in [2.45, 2.75) is 12.5 Å². The van der Waals surface area contributed by atoms with E-state index in [-0.39, 0.29) is 5.97 Å². The Morgan fingerprint density at radius 1 is 1.08 bits per heavy atom. The summed E-state index contributed by atoms with van der Waals surface area (Å²) in [7, 11) is 3.01. The lowest BCUT2D eigenvalue weighted by molar-refractivity contribution is -0.143. The second-order valence-electron chi connectivity index (χ2n) is 5.14. The fourth-order valence-electron chi connectivity index (χ4n) is 1.99. The standard InChI is InChI=1S/C16H29N3O6/c1-21-5-6-24-9-10-25-8-7-23-4-3-18-15(16(20)22-2)11-14-12-17-13-19-14/h12-13,15,18H,3-11H2,1-2H3,(H,17,19). The van der Waals surface area contributed by atoms with Gasteiger partial charge in [0.05, 0.1) is 59.7 Å². The van der Waals surface area contributed by atoms with Crippen LogP contribution in [0, 0.1) is 0 Å². The first-order chi connectivity index (χ1) is 12.3. The van der Waals surface area contributed by atoms with E-state index in [0.29, 0.717) is 59.2 Å². The number of rotatable bonds is 16. The van der Waals surface area contributed by atoms with Crippen molar-refractivity contribution in [3.05, 3.63) is 18.2 Å². The van der Waals surface area contributed by atoms with Gasteiger partial charge in [0.2, 0.25) is 0 Å². The van der Waals surface area contributed by atoms with Gasteiger partial charge in [0.1, 0.15) is 6.04 Å². The van der Waals surface area contributed by atoms with Gasteiger partial charge in [0, 0.05) is 32.0 Å². The first-order valence-electron chi connectivity index (χ1n) is 8.28. The third kappa shape index (κ3) is 10.8. The van der Waals surface area contributed by atoms with Crippen molar-refractivity contribution in [1.29, 1.82) is 0 Å². The first-order valence-corrected chi connectivity index (χ1v) is 8.28. The van der Waals surface area contributed by atoms with E-state index in [2.05, 4.69) is 15.3 Å². The molecule has 9 heteroatoms. The number of imidazole rings is 1. The molecular formula is C16H29N3O6. The van der Waals surface area contributed by atoms with Crippen LogP contribution in [0.2, 0.25) is 0 Å². The minimum atomic E-state index is -0.436. The van der Waals surface area contributed by atoms with Crippen LogP contribution in [0.4, 0.5) is 0 Å². The molecule has 1 aromatic rings. The number of H-pyrrole nitrogens is 1. The number of hydrogen-bond acceptors (Lipinski definition) is 8. The van der Waals surface area contributed by atoms with Gasteiger partial charge < -0.3 is 34.0 Å². The van der Waals surface area contributed by atoms with Gasteiger partial charge in [-0.25, -0.2) is 4.98 Å². The van der Waals surface area contributed by atoms with Crippen LogP contribution in [0.25, 0.3) is 0 Å². The molecule has 9 nitrogen and oxygen atoms in total. The maximum atomic E-state index is 11.8. The molecule has 2 N–H and O–H groups in total. The molecule has 0 saturated carbocycles. The van der Waals surface area contributed by atoms with Crippen molar-refractivity contribution >= 4 is 5.97 Å². The molecule has 1 aromatic heterocycles.